The highest BCUT2D eigenvalue weighted by molar-refractivity contribution is 6.02. The average molecular weight is 313 g/mol. The number of hydrazone groups is 1. The lowest BCUT2D eigenvalue weighted by Gasteiger charge is -2.22. The van der Waals surface area contributed by atoms with E-state index in [4.69, 9.17) is 0 Å². The second-order valence-electron chi connectivity index (χ2n) is 5.68. The molecule has 0 fully saturated rings. The number of non-ortho nitro benzene ring substituents is 1. The first-order valence-electron chi connectivity index (χ1n) is 7.32. The van der Waals surface area contributed by atoms with E-state index >= 15 is 0 Å². The molecular formula is C17H19N3O3. The molecule has 0 aromatic heterocycles. The summed E-state index contributed by atoms with van der Waals surface area (Å²) in [4.78, 5) is 22.3. The standard InChI is InChI=1S/C17H19N3O3/c1-11(2)13-8-7-12(3)16(10-13)18-19-17(21)14-5-4-6-15(9-14)20(22)23/h4-7,9,13H,1,8,10H2,2-3H3,(H,19,21)/t13-/m0/s1. The van der Waals surface area contributed by atoms with Gasteiger partial charge < -0.3 is 0 Å². The Bertz CT molecular complexity index is 720. The number of carbonyl (C=O) groups excluding carboxylic acids is 1. The third-order valence-electron chi connectivity index (χ3n) is 3.91. The lowest BCUT2D eigenvalue weighted by molar-refractivity contribution is -0.384. The summed E-state index contributed by atoms with van der Waals surface area (Å²) in [6, 6.07) is 5.57. The molecule has 0 unspecified atom stereocenters. The quantitative estimate of drug-likeness (QED) is 0.523. The monoisotopic (exact) mass is 313 g/mol. The first-order chi connectivity index (χ1) is 10.9. The van der Waals surface area contributed by atoms with Crippen LogP contribution in [-0.2, 0) is 0 Å². The van der Waals surface area contributed by atoms with Crippen LogP contribution in [0.25, 0.3) is 0 Å². The van der Waals surface area contributed by atoms with E-state index in [1.165, 1.54) is 24.3 Å². The van der Waals surface area contributed by atoms with Gasteiger partial charge >= 0.3 is 0 Å². The Morgan fingerprint density at radius 3 is 2.87 bits per heavy atom. The normalized spacial score (nSPS) is 19.1. The van der Waals surface area contributed by atoms with Gasteiger partial charge in [-0.3, -0.25) is 14.9 Å². The summed E-state index contributed by atoms with van der Waals surface area (Å²) in [6.07, 6.45) is 3.74. The van der Waals surface area contributed by atoms with Crippen LogP contribution in [0.1, 0.15) is 37.0 Å². The zero-order valence-electron chi connectivity index (χ0n) is 13.2. The highest BCUT2D eigenvalue weighted by Gasteiger charge is 2.19. The van der Waals surface area contributed by atoms with Crippen LogP contribution in [-0.4, -0.2) is 16.5 Å². The summed E-state index contributed by atoms with van der Waals surface area (Å²) in [5, 5.41) is 14.9. The smallest absolute Gasteiger partial charge is 0.267 e. The number of nitro benzene ring substituents is 1. The Balaban J connectivity index is 2.12. The van der Waals surface area contributed by atoms with Crippen LogP contribution in [0, 0.1) is 16.0 Å². The number of allylic oxidation sites excluding steroid dienone is 3. The predicted octanol–water partition coefficient (Wildman–Crippen LogP) is 3.61. The summed E-state index contributed by atoms with van der Waals surface area (Å²) in [5.74, 6) is -0.140. The first kappa shape index (κ1) is 16.6. The van der Waals surface area contributed by atoms with Gasteiger partial charge in [-0.1, -0.05) is 24.3 Å². The van der Waals surface area contributed by atoms with E-state index in [0.29, 0.717) is 5.92 Å². The molecule has 2 rings (SSSR count). The molecular weight excluding hydrogens is 294 g/mol. The minimum Gasteiger partial charge on any atom is -0.267 e. The van der Waals surface area contributed by atoms with Gasteiger partial charge in [0, 0.05) is 17.7 Å². The van der Waals surface area contributed by atoms with Gasteiger partial charge in [0.1, 0.15) is 0 Å². The van der Waals surface area contributed by atoms with Crippen molar-refractivity contribution >= 4 is 17.3 Å². The first-order valence-corrected chi connectivity index (χ1v) is 7.32. The van der Waals surface area contributed by atoms with Crippen molar-refractivity contribution in [3.63, 3.8) is 0 Å². The van der Waals surface area contributed by atoms with Crippen LogP contribution in [0.3, 0.4) is 0 Å². The maximum Gasteiger partial charge on any atom is 0.271 e. The fourth-order valence-electron chi connectivity index (χ4n) is 2.37. The summed E-state index contributed by atoms with van der Waals surface area (Å²) in [7, 11) is 0. The number of nitro groups is 1. The van der Waals surface area contributed by atoms with E-state index < -0.39 is 10.8 Å². The van der Waals surface area contributed by atoms with Crippen LogP contribution in [0.15, 0.2) is 53.2 Å². The maximum atomic E-state index is 12.1. The van der Waals surface area contributed by atoms with Crippen LogP contribution in [0.4, 0.5) is 5.69 Å². The van der Waals surface area contributed by atoms with E-state index in [2.05, 4.69) is 23.2 Å². The number of amides is 1. The molecule has 0 aliphatic heterocycles. The van der Waals surface area contributed by atoms with Crippen LogP contribution < -0.4 is 5.43 Å². The second kappa shape index (κ2) is 7.00. The number of nitrogens with zero attached hydrogens (tertiary/aromatic N) is 2. The van der Waals surface area contributed by atoms with E-state index in [-0.39, 0.29) is 11.3 Å². The summed E-state index contributed by atoms with van der Waals surface area (Å²) in [6.45, 7) is 7.91. The third-order valence-corrected chi connectivity index (χ3v) is 3.91. The molecule has 0 saturated heterocycles. The topological polar surface area (TPSA) is 84.6 Å². The molecule has 1 aliphatic carbocycles. The molecule has 1 aromatic carbocycles. The Labute approximate surface area is 134 Å². The molecule has 6 nitrogen and oxygen atoms in total. The molecule has 1 aromatic rings. The molecule has 23 heavy (non-hydrogen) atoms. The van der Waals surface area contributed by atoms with Crippen molar-refractivity contribution in [3.05, 3.63) is 63.7 Å². The fraction of sp³-hybridized carbons (Fsp3) is 0.294. The lowest BCUT2D eigenvalue weighted by Crippen LogP contribution is -2.23. The maximum absolute atomic E-state index is 12.1. The number of benzene rings is 1. The number of rotatable bonds is 4. The summed E-state index contributed by atoms with van der Waals surface area (Å²) in [5.41, 5.74) is 5.49. The van der Waals surface area contributed by atoms with Crippen LogP contribution in [0.2, 0.25) is 0 Å². The van der Waals surface area contributed by atoms with Gasteiger partial charge in [-0.2, -0.15) is 5.10 Å². The van der Waals surface area contributed by atoms with Crippen molar-refractivity contribution in [2.24, 2.45) is 11.0 Å². The Morgan fingerprint density at radius 1 is 1.48 bits per heavy atom. The van der Waals surface area contributed by atoms with Crippen molar-refractivity contribution in [2.75, 3.05) is 0 Å². The average Bonchev–Trinajstić information content (AvgIpc) is 2.53. The van der Waals surface area contributed by atoms with Crippen molar-refractivity contribution in [1.82, 2.24) is 5.43 Å². The van der Waals surface area contributed by atoms with Crippen molar-refractivity contribution in [2.45, 2.75) is 26.7 Å². The van der Waals surface area contributed by atoms with E-state index in [9.17, 15) is 14.9 Å². The minimum absolute atomic E-state index is 0.124. The summed E-state index contributed by atoms with van der Waals surface area (Å²) >= 11 is 0. The summed E-state index contributed by atoms with van der Waals surface area (Å²) < 4.78 is 0. The van der Waals surface area contributed by atoms with Crippen molar-refractivity contribution in [3.8, 4) is 0 Å². The van der Waals surface area contributed by atoms with Crippen molar-refractivity contribution in [1.29, 1.82) is 0 Å². The number of hydrogen-bond donors (Lipinski definition) is 1. The molecule has 1 aliphatic rings. The highest BCUT2D eigenvalue weighted by atomic mass is 16.6. The molecule has 6 heteroatoms. The minimum atomic E-state index is -0.534. The van der Waals surface area contributed by atoms with Crippen LogP contribution in [0.5, 0.6) is 0 Å². The van der Waals surface area contributed by atoms with Gasteiger partial charge in [-0.05, 0) is 44.2 Å². The number of hydrogen-bond acceptors (Lipinski definition) is 4. The van der Waals surface area contributed by atoms with Gasteiger partial charge in [-0.15, -0.1) is 0 Å². The Morgan fingerprint density at radius 2 is 2.22 bits per heavy atom. The molecule has 0 radical (unpaired) electrons. The fourth-order valence-corrected chi connectivity index (χ4v) is 2.37. The predicted molar refractivity (Wildman–Crippen MR) is 89.3 cm³/mol. The highest BCUT2D eigenvalue weighted by Crippen LogP contribution is 2.26. The van der Waals surface area contributed by atoms with Crippen molar-refractivity contribution < 1.29 is 9.72 Å². The Hall–Kier alpha value is -2.76. The second-order valence-corrected chi connectivity index (χ2v) is 5.68. The number of carbonyl (C=O) groups is 1. The van der Waals surface area contributed by atoms with Crippen LogP contribution >= 0.6 is 0 Å². The van der Waals surface area contributed by atoms with E-state index in [1.54, 1.807) is 0 Å². The zero-order chi connectivity index (χ0) is 17.0. The molecule has 0 saturated carbocycles. The number of nitrogens with one attached hydrogen (secondary N) is 1. The van der Waals surface area contributed by atoms with Gasteiger partial charge in [0.25, 0.3) is 11.6 Å². The van der Waals surface area contributed by atoms with E-state index in [0.717, 1.165) is 29.7 Å². The van der Waals surface area contributed by atoms with Gasteiger partial charge in [-0.25, -0.2) is 5.43 Å². The molecule has 1 N–H and O–H groups in total. The van der Waals surface area contributed by atoms with Gasteiger partial charge in [0.05, 0.1) is 10.6 Å². The molecule has 1 atom stereocenters. The largest absolute Gasteiger partial charge is 0.271 e. The Kier molecular flexibility index (Phi) is 5.05. The lowest BCUT2D eigenvalue weighted by atomic mass is 9.85. The molecule has 0 heterocycles. The molecule has 1 amide bonds. The molecule has 0 spiro atoms. The molecule has 120 valence electrons. The zero-order valence-corrected chi connectivity index (χ0v) is 13.2. The van der Waals surface area contributed by atoms with E-state index in [1.807, 2.05) is 13.8 Å². The van der Waals surface area contributed by atoms with Gasteiger partial charge in [0.2, 0.25) is 0 Å². The third kappa shape index (κ3) is 4.12. The molecule has 0 bridgehead atoms. The van der Waals surface area contributed by atoms with Gasteiger partial charge in [0.15, 0.2) is 0 Å². The SMILES string of the molecule is C=C(C)[C@H]1CC=C(C)C(=NNC(=O)c2cccc([N+](=O)[O-])c2)C1.